The van der Waals surface area contributed by atoms with Crippen molar-refractivity contribution in [3.8, 4) is 0 Å². The van der Waals surface area contributed by atoms with E-state index in [0.717, 1.165) is 5.69 Å². The van der Waals surface area contributed by atoms with Crippen molar-refractivity contribution in [3.63, 3.8) is 0 Å². The first kappa shape index (κ1) is 19.6. The SMILES string of the molecule is CCOC(=O)[C@]1(CC)C[C@](C)(c2csc(Nc3ccccc3Cl)n2)OC1=O. The molecule has 0 bridgehead atoms. The Morgan fingerprint density at radius 2 is 2.15 bits per heavy atom. The molecule has 1 saturated heterocycles. The number of ether oxygens (including phenoxy) is 2. The van der Waals surface area contributed by atoms with Crippen LogP contribution in [0.2, 0.25) is 5.02 Å². The Balaban J connectivity index is 1.85. The Labute approximate surface area is 166 Å². The molecule has 1 N–H and O–H groups in total. The molecule has 0 aliphatic carbocycles. The molecular weight excluding hydrogens is 388 g/mol. The molecule has 2 heterocycles. The van der Waals surface area contributed by atoms with Gasteiger partial charge in [-0.15, -0.1) is 11.3 Å². The summed E-state index contributed by atoms with van der Waals surface area (Å²) >= 11 is 7.55. The van der Waals surface area contributed by atoms with Crippen LogP contribution in [0.15, 0.2) is 29.6 Å². The first-order chi connectivity index (χ1) is 12.8. The van der Waals surface area contributed by atoms with Crippen LogP contribution >= 0.6 is 22.9 Å². The van der Waals surface area contributed by atoms with Crippen LogP contribution < -0.4 is 5.32 Å². The lowest BCUT2D eigenvalue weighted by Crippen LogP contribution is -2.37. The van der Waals surface area contributed by atoms with E-state index in [4.69, 9.17) is 21.1 Å². The van der Waals surface area contributed by atoms with E-state index in [0.29, 0.717) is 22.3 Å². The second kappa shape index (κ2) is 7.48. The summed E-state index contributed by atoms with van der Waals surface area (Å²) in [6.07, 6.45) is 0.512. The number of nitrogens with zero attached hydrogens (tertiary/aromatic N) is 1. The van der Waals surface area contributed by atoms with Crippen LogP contribution in [-0.4, -0.2) is 23.5 Å². The highest BCUT2D eigenvalue weighted by Crippen LogP contribution is 2.49. The molecule has 0 amide bonds. The lowest BCUT2D eigenvalue weighted by atomic mass is 9.78. The number of rotatable bonds is 6. The standard InChI is InChI=1S/C19H21ClN2O4S/c1-4-19(15(23)25-5-2)11-18(3,26-16(19)24)14-10-27-17(22-14)21-13-9-7-6-8-12(13)20/h6-10H,4-5,11H2,1-3H3,(H,21,22)/t18-,19+/m1/s1. The maximum Gasteiger partial charge on any atom is 0.324 e. The Kier molecular flexibility index (Phi) is 5.44. The first-order valence-electron chi connectivity index (χ1n) is 8.73. The number of cyclic esters (lactones) is 1. The molecule has 0 unspecified atom stereocenters. The summed E-state index contributed by atoms with van der Waals surface area (Å²) in [5.74, 6) is -1.09. The molecular formula is C19H21ClN2O4S. The van der Waals surface area contributed by atoms with E-state index in [2.05, 4.69) is 10.3 Å². The monoisotopic (exact) mass is 408 g/mol. The number of para-hydroxylation sites is 1. The highest BCUT2D eigenvalue weighted by molar-refractivity contribution is 7.13. The number of esters is 2. The van der Waals surface area contributed by atoms with Crippen LogP contribution in [0.25, 0.3) is 0 Å². The van der Waals surface area contributed by atoms with Gasteiger partial charge in [-0.2, -0.15) is 0 Å². The van der Waals surface area contributed by atoms with Gasteiger partial charge in [0.25, 0.3) is 0 Å². The molecule has 1 aromatic carbocycles. The van der Waals surface area contributed by atoms with Gasteiger partial charge in [0.15, 0.2) is 16.1 Å². The van der Waals surface area contributed by atoms with Crippen LogP contribution in [0.5, 0.6) is 0 Å². The number of benzene rings is 1. The van der Waals surface area contributed by atoms with Crippen molar-refractivity contribution in [1.82, 2.24) is 4.98 Å². The minimum absolute atomic E-state index is 0.198. The van der Waals surface area contributed by atoms with Gasteiger partial charge in [-0.1, -0.05) is 30.7 Å². The highest BCUT2D eigenvalue weighted by atomic mass is 35.5. The van der Waals surface area contributed by atoms with Crippen molar-refractivity contribution < 1.29 is 19.1 Å². The summed E-state index contributed by atoms with van der Waals surface area (Å²) in [7, 11) is 0. The van der Waals surface area contributed by atoms with E-state index >= 15 is 0 Å². The molecule has 3 rings (SSSR count). The molecule has 0 spiro atoms. The normalized spacial score (nSPS) is 24.5. The maximum atomic E-state index is 12.6. The number of hydrogen-bond acceptors (Lipinski definition) is 7. The zero-order chi connectivity index (χ0) is 19.7. The Morgan fingerprint density at radius 3 is 2.81 bits per heavy atom. The van der Waals surface area contributed by atoms with Crippen molar-refractivity contribution in [2.75, 3.05) is 11.9 Å². The fraction of sp³-hybridized carbons (Fsp3) is 0.421. The van der Waals surface area contributed by atoms with Crippen molar-refractivity contribution in [2.24, 2.45) is 5.41 Å². The molecule has 8 heteroatoms. The number of thiazole rings is 1. The van der Waals surface area contributed by atoms with E-state index in [1.54, 1.807) is 26.8 Å². The van der Waals surface area contributed by atoms with Gasteiger partial charge in [0.05, 0.1) is 23.0 Å². The predicted molar refractivity (Wildman–Crippen MR) is 104 cm³/mol. The molecule has 0 radical (unpaired) electrons. The fourth-order valence-electron chi connectivity index (χ4n) is 3.22. The van der Waals surface area contributed by atoms with Crippen LogP contribution in [-0.2, 0) is 24.7 Å². The summed E-state index contributed by atoms with van der Waals surface area (Å²) in [6.45, 7) is 5.49. The Hall–Kier alpha value is -2.12. The second-order valence-corrected chi connectivity index (χ2v) is 7.86. The van der Waals surface area contributed by atoms with Crippen LogP contribution in [0, 0.1) is 5.41 Å². The lowest BCUT2D eigenvalue weighted by Gasteiger charge is -2.23. The van der Waals surface area contributed by atoms with E-state index < -0.39 is 23.0 Å². The number of anilines is 2. The molecule has 27 heavy (non-hydrogen) atoms. The number of halogens is 1. The van der Waals surface area contributed by atoms with Crippen molar-refractivity contribution in [1.29, 1.82) is 0 Å². The molecule has 6 nitrogen and oxygen atoms in total. The van der Waals surface area contributed by atoms with Gasteiger partial charge >= 0.3 is 11.9 Å². The van der Waals surface area contributed by atoms with Gasteiger partial charge in [0.1, 0.15) is 0 Å². The quantitative estimate of drug-likeness (QED) is 0.553. The molecule has 1 fully saturated rings. The maximum absolute atomic E-state index is 12.6. The number of aromatic nitrogens is 1. The van der Waals surface area contributed by atoms with E-state index in [-0.39, 0.29) is 13.0 Å². The zero-order valence-corrected chi connectivity index (χ0v) is 16.9. The average molecular weight is 409 g/mol. The summed E-state index contributed by atoms with van der Waals surface area (Å²) in [5.41, 5.74) is -0.945. The van der Waals surface area contributed by atoms with Gasteiger partial charge < -0.3 is 14.8 Å². The molecule has 1 aromatic heterocycles. The molecule has 0 saturated carbocycles. The summed E-state index contributed by atoms with van der Waals surface area (Å²) < 4.78 is 10.8. The van der Waals surface area contributed by atoms with Gasteiger partial charge in [-0.25, -0.2) is 4.98 Å². The van der Waals surface area contributed by atoms with Crippen molar-refractivity contribution in [2.45, 2.75) is 39.2 Å². The first-order valence-corrected chi connectivity index (χ1v) is 9.98. The third-order valence-corrected chi connectivity index (χ3v) is 5.87. The van der Waals surface area contributed by atoms with Crippen molar-refractivity contribution in [3.05, 3.63) is 40.4 Å². The average Bonchev–Trinajstić information content (AvgIpc) is 3.21. The second-order valence-electron chi connectivity index (χ2n) is 6.60. The van der Waals surface area contributed by atoms with E-state index in [1.807, 2.05) is 23.6 Å². The van der Waals surface area contributed by atoms with Crippen LogP contribution in [0.3, 0.4) is 0 Å². The Bertz CT molecular complexity index is 871. The third kappa shape index (κ3) is 3.53. The molecule has 2 atom stereocenters. The number of carbonyl (C=O) groups is 2. The molecule has 1 aliphatic heterocycles. The third-order valence-electron chi connectivity index (χ3n) is 4.78. The smallest absolute Gasteiger partial charge is 0.324 e. The fourth-order valence-corrected chi connectivity index (χ4v) is 4.25. The van der Waals surface area contributed by atoms with Crippen molar-refractivity contribution >= 4 is 45.7 Å². The zero-order valence-electron chi connectivity index (χ0n) is 15.4. The highest BCUT2D eigenvalue weighted by Gasteiger charge is 2.60. The minimum Gasteiger partial charge on any atom is -0.465 e. The predicted octanol–water partition coefficient (Wildman–Crippen LogP) is 4.66. The lowest BCUT2D eigenvalue weighted by molar-refractivity contribution is -0.166. The summed E-state index contributed by atoms with van der Waals surface area (Å²) in [4.78, 5) is 29.6. The van der Waals surface area contributed by atoms with Gasteiger partial charge in [0.2, 0.25) is 0 Å². The summed E-state index contributed by atoms with van der Waals surface area (Å²) in [5, 5.41) is 6.20. The van der Waals surface area contributed by atoms with Gasteiger partial charge in [0, 0.05) is 11.8 Å². The number of hydrogen-bond donors (Lipinski definition) is 1. The van der Waals surface area contributed by atoms with Gasteiger partial charge in [-0.05, 0) is 32.4 Å². The largest absolute Gasteiger partial charge is 0.465 e. The summed E-state index contributed by atoms with van der Waals surface area (Å²) in [6, 6.07) is 7.36. The Morgan fingerprint density at radius 1 is 1.41 bits per heavy atom. The molecule has 144 valence electrons. The van der Waals surface area contributed by atoms with E-state index in [9.17, 15) is 9.59 Å². The van der Waals surface area contributed by atoms with Crippen LogP contribution in [0.1, 0.15) is 39.3 Å². The van der Waals surface area contributed by atoms with Crippen LogP contribution in [0.4, 0.5) is 10.8 Å². The molecule has 1 aliphatic rings. The topological polar surface area (TPSA) is 77.5 Å². The number of carbonyl (C=O) groups excluding carboxylic acids is 2. The van der Waals surface area contributed by atoms with E-state index in [1.165, 1.54) is 11.3 Å². The molecule has 2 aromatic rings. The minimum atomic E-state index is -1.29. The number of nitrogens with one attached hydrogen (secondary N) is 1. The van der Waals surface area contributed by atoms with Gasteiger partial charge in [-0.3, -0.25) is 9.59 Å².